The largest absolute Gasteiger partial charge is 0.369 e. The van der Waals surface area contributed by atoms with Crippen LogP contribution in [-0.4, -0.2) is 31.2 Å². The fraction of sp³-hybridized carbons (Fsp3) is 0.308. The Morgan fingerprint density at radius 1 is 1.12 bits per heavy atom. The molecule has 0 bridgehead atoms. The van der Waals surface area contributed by atoms with Gasteiger partial charge in [-0.25, -0.2) is 0 Å². The van der Waals surface area contributed by atoms with Crippen LogP contribution in [0.15, 0.2) is 35.3 Å². The van der Waals surface area contributed by atoms with Gasteiger partial charge in [0.15, 0.2) is 5.43 Å². The highest BCUT2D eigenvalue weighted by atomic mass is 16.1. The lowest BCUT2D eigenvalue weighted by Crippen LogP contribution is -2.43. The molecular weight excluding hydrogens is 214 g/mol. The summed E-state index contributed by atoms with van der Waals surface area (Å²) in [5.74, 6) is 0. The van der Waals surface area contributed by atoms with Crippen molar-refractivity contribution in [3.63, 3.8) is 0 Å². The standard InChI is InChI=1S/C13H15N3O/c17-13-3-4-15-12-9-10(1-2-11(12)13)16-7-5-14-6-8-16/h1-4,9,14H,5-8H2,(H,15,17). The van der Waals surface area contributed by atoms with E-state index in [0.29, 0.717) is 0 Å². The van der Waals surface area contributed by atoms with E-state index in [9.17, 15) is 4.79 Å². The summed E-state index contributed by atoms with van der Waals surface area (Å²) in [5, 5.41) is 4.09. The smallest absolute Gasteiger partial charge is 0.189 e. The zero-order valence-electron chi connectivity index (χ0n) is 9.57. The van der Waals surface area contributed by atoms with Crippen LogP contribution >= 0.6 is 0 Å². The molecule has 3 rings (SSSR count). The van der Waals surface area contributed by atoms with E-state index >= 15 is 0 Å². The topological polar surface area (TPSA) is 48.1 Å². The summed E-state index contributed by atoms with van der Waals surface area (Å²) in [6.07, 6.45) is 1.70. The zero-order valence-corrected chi connectivity index (χ0v) is 9.57. The molecule has 0 unspecified atom stereocenters. The molecule has 4 heteroatoms. The van der Waals surface area contributed by atoms with Crippen LogP contribution in [0.2, 0.25) is 0 Å². The van der Waals surface area contributed by atoms with Gasteiger partial charge in [0.25, 0.3) is 0 Å². The third kappa shape index (κ3) is 1.91. The molecule has 1 aromatic carbocycles. The van der Waals surface area contributed by atoms with Gasteiger partial charge in [0.05, 0.1) is 5.52 Å². The van der Waals surface area contributed by atoms with Crippen LogP contribution in [0.5, 0.6) is 0 Å². The van der Waals surface area contributed by atoms with Crippen molar-refractivity contribution in [1.82, 2.24) is 10.3 Å². The lowest BCUT2D eigenvalue weighted by Gasteiger charge is -2.29. The van der Waals surface area contributed by atoms with Gasteiger partial charge in [0, 0.05) is 49.5 Å². The number of pyridine rings is 1. The van der Waals surface area contributed by atoms with E-state index in [0.717, 1.165) is 37.1 Å². The highest BCUT2D eigenvalue weighted by Crippen LogP contribution is 2.19. The summed E-state index contributed by atoms with van der Waals surface area (Å²) in [7, 11) is 0. The van der Waals surface area contributed by atoms with E-state index in [1.807, 2.05) is 12.1 Å². The maximum Gasteiger partial charge on any atom is 0.189 e. The number of rotatable bonds is 1. The Morgan fingerprint density at radius 2 is 1.94 bits per heavy atom. The van der Waals surface area contributed by atoms with Gasteiger partial charge in [-0.05, 0) is 18.2 Å². The molecule has 0 radical (unpaired) electrons. The number of piperazine rings is 1. The van der Waals surface area contributed by atoms with Gasteiger partial charge in [-0.1, -0.05) is 0 Å². The van der Waals surface area contributed by atoms with Crippen molar-refractivity contribution in [3.8, 4) is 0 Å². The van der Waals surface area contributed by atoms with E-state index in [1.165, 1.54) is 5.69 Å². The van der Waals surface area contributed by atoms with Crippen molar-refractivity contribution < 1.29 is 0 Å². The van der Waals surface area contributed by atoms with Gasteiger partial charge in [0.1, 0.15) is 0 Å². The molecule has 2 heterocycles. The minimum Gasteiger partial charge on any atom is -0.369 e. The minimum atomic E-state index is 0.0746. The molecule has 17 heavy (non-hydrogen) atoms. The molecule has 1 saturated heterocycles. The van der Waals surface area contributed by atoms with Gasteiger partial charge < -0.3 is 15.2 Å². The van der Waals surface area contributed by atoms with Gasteiger partial charge in [-0.15, -0.1) is 0 Å². The predicted molar refractivity (Wildman–Crippen MR) is 69.7 cm³/mol. The summed E-state index contributed by atoms with van der Waals surface area (Å²) in [4.78, 5) is 17.1. The van der Waals surface area contributed by atoms with E-state index < -0.39 is 0 Å². The molecule has 0 saturated carbocycles. The number of nitrogens with zero attached hydrogens (tertiary/aromatic N) is 1. The molecular formula is C13H15N3O. The van der Waals surface area contributed by atoms with Crippen molar-refractivity contribution in [2.75, 3.05) is 31.1 Å². The number of fused-ring (bicyclic) bond motifs is 1. The number of aromatic amines is 1. The monoisotopic (exact) mass is 229 g/mol. The maximum atomic E-state index is 11.6. The number of hydrogen-bond acceptors (Lipinski definition) is 3. The van der Waals surface area contributed by atoms with Crippen LogP contribution in [0.1, 0.15) is 0 Å². The molecule has 1 aliphatic heterocycles. The van der Waals surface area contributed by atoms with Gasteiger partial charge in [0.2, 0.25) is 0 Å². The van der Waals surface area contributed by atoms with Crippen LogP contribution in [0.3, 0.4) is 0 Å². The Morgan fingerprint density at radius 3 is 2.76 bits per heavy atom. The van der Waals surface area contributed by atoms with E-state index in [2.05, 4.69) is 21.3 Å². The molecule has 0 atom stereocenters. The maximum absolute atomic E-state index is 11.6. The number of hydrogen-bond donors (Lipinski definition) is 2. The van der Waals surface area contributed by atoms with E-state index in [4.69, 9.17) is 0 Å². The third-order valence-corrected chi connectivity index (χ3v) is 3.22. The first kappa shape index (κ1) is 10.4. The molecule has 1 aliphatic rings. The number of aromatic nitrogens is 1. The first-order valence-corrected chi connectivity index (χ1v) is 5.92. The molecule has 1 aromatic heterocycles. The second-order valence-corrected chi connectivity index (χ2v) is 4.31. The highest BCUT2D eigenvalue weighted by Gasteiger charge is 2.10. The highest BCUT2D eigenvalue weighted by molar-refractivity contribution is 5.82. The SMILES string of the molecule is O=c1cc[nH]c2cc(N3CCNCC3)ccc12. The van der Waals surface area contributed by atoms with Gasteiger partial charge in [-0.3, -0.25) is 4.79 Å². The van der Waals surface area contributed by atoms with Crippen molar-refractivity contribution in [3.05, 3.63) is 40.7 Å². The van der Waals surface area contributed by atoms with Crippen molar-refractivity contribution in [2.24, 2.45) is 0 Å². The molecule has 0 aliphatic carbocycles. The van der Waals surface area contributed by atoms with E-state index in [-0.39, 0.29) is 5.43 Å². The average Bonchev–Trinajstić information content (AvgIpc) is 2.40. The van der Waals surface area contributed by atoms with Crippen LogP contribution in [0, 0.1) is 0 Å². The summed E-state index contributed by atoms with van der Waals surface area (Å²) >= 11 is 0. The minimum absolute atomic E-state index is 0.0746. The van der Waals surface area contributed by atoms with E-state index in [1.54, 1.807) is 12.3 Å². The van der Waals surface area contributed by atoms with Crippen molar-refractivity contribution in [2.45, 2.75) is 0 Å². The lowest BCUT2D eigenvalue weighted by atomic mass is 10.1. The van der Waals surface area contributed by atoms with Crippen LogP contribution in [0.4, 0.5) is 5.69 Å². The molecule has 4 nitrogen and oxygen atoms in total. The molecule has 1 fully saturated rings. The number of nitrogens with one attached hydrogen (secondary N) is 2. The van der Waals surface area contributed by atoms with Crippen LogP contribution in [-0.2, 0) is 0 Å². The van der Waals surface area contributed by atoms with Crippen LogP contribution in [0.25, 0.3) is 10.9 Å². The Kier molecular flexibility index (Phi) is 2.57. The predicted octanol–water partition coefficient (Wildman–Crippen LogP) is 0.938. The Hall–Kier alpha value is -1.81. The third-order valence-electron chi connectivity index (χ3n) is 3.22. The second kappa shape index (κ2) is 4.22. The number of anilines is 1. The van der Waals surface area contributed by atoms with Gasteiger partial charge >= 0.3 is 0 Å². The van der Waals surface area contributed by atoms with Crippen LogP contribution < -0.4 is 15.6 Å². The fourth-order valence-corrected chi connectivity index (χ4v) is 2.28. The lowest BCUT2D eigenvalue weighted by molar-refractivity contribution is 0.589. The molecule has 2 aromatic rings. The molecule has 0 spiro atoms. The first-order valence-electron chi connectivity index (χ1n) is 5.92. The normalized spacial score (nSPS) is 16.4. The first-order chi connectivity index (χ1) is 8.34. The summed E-state index contributed by atoms with van der Waals surface area (Å²) in [6.45, 7) is 4.07. The molecule has 0 amide bonds. The number of benzene rings is 1. The zero-order chi connectivity index (χ0) is 11.7. The Bertz CT molecular complexity index is 584. The van der Waals surface area contributed by atoms with Gasteiger partial charge in [-0.2, -0.15) is 0 Å². The fourth-order valence-electron chi connectivity index (χ4n) is 2.28. The average molecular weight is 229 g/mol. The second-order valence-electron chi connectivity index (χ2n) is 4.31. The Balaban J connectivity index is 2.04. The summed E-state index contributed by atoms with van der Waals surface area (Å²) < 4.78 is 0. The van der Waals surface area contributed by atoms with Crippen molar-refractivity contribution in [1.29, 1.82) is 0 Å². The summed E-state index contributed by atoms with van der Waals surface area (Å²) in [6, 6.07) is 7.56. The molecule has 2 N–H and O–H groups in total. The number of H-pyrrole nitrogens is 1. The quantitative estimate of drug-likeness (QED) is 0.765. The van der Waals surface area contributed by atoms with Crippen molar-refractivity contribution >= 4 is 16.6 Å². The summed E-state index contributed by atoms with van der Waals surface area (Å²) in [5.41, 5.74) is 2.17. The molecule has 88 valence electrons. The Labute approximate surface area is 99.3 Å².